The summed E-state index contributed by atoms with van der Waals surface area (Å²) in [6.45, 7) is 2.67. The largest absolute Gasteiger partial charge is 0.598 e. The summed E-state index contributed by atoms with van der Waals surface area (Å²) in [6.07, 6.45) is -2.19. The maximum Gasteiger partial charge on any atom is 0.303 e. The molecule has 9 heteroatoms. The van der Waals surface area contributed by atoms with Crippen LogP contribution < -0.4 is 4.72 Å². The van der Waals surface area contributed by atoms with E-state index in [1.54, 1.807) is 0 Å². The van der Waals surface area contributed by atoms with Gasteiger partial charge in [0.2, 0.25) is 0 Å². The Kier molecular flexibility index (Phi) is 6.88. The van der Waals surface area contributed by atoms with Gasteiger partial charge in [0, 0.05) is 23.3 Å². The first-order valence-electron chi connectivity index (χ1n) is 7.47. The van der Waals surface area contributed by atoms with Gasteiger partial charge in [-0.1, -0.05) is 18.2 Å². The summed E-state index contributed by atoms with van der Waals surface area (Å²) in [6, 6.07) is 4.35. The smallest absolute Gasteiger partial charge is 0.303 e. The third kappa shape index (κ3) is 4.86. The van der Waals surface area contributed by atoms with E-state index in [-0.39, 0.29) is 0 Å². The van der Waals surface area contributed by atoms with Crippen LogP contribution in [0.25, 0.3) is 0 Å². The standard InChI is InChI=1S/C16H21F4NO3S/c1-14(2,3)25(24)21-15(10-17,11-6-4-5-7-12(11)18)16(19,20)9-8-13(22)23/h4-7,21H,8-10H2,1-3H3,(H,22,23). The molecule has 0 saturated carbocycles. The Morgan fingerprint density at radius 1 is 1.28 bits per heavy atom. The topological polar surface area (TPSA) is 72.4 Å². The number of benzene rings is 1. The fourth-order valence-electron chi connectivity index (χ4n) is 2.12. The molecule has 0 aromatic heterocycles. The molecular weight excluding hydrogens is 362 g/mol. The Hall–Kier alpha value is -1.32. The molecule has 0 aliphatic carbocycles. The zero-order chi connectivity index (χ0) is 19.5. The number of hydrogen-bond donors (Lipinski definition) is 2. The number of carbonyl (C=O) groups is 1. The lowest BCUT2D eigenvalue weighted by Crippen LogP contribution is -2.62. The molecule has 2 atom stereocenters. The molecule has 2 N–H and O–H groups in total. The third-order valence-corrected chi connectivity index (χ3v) is 5.28. The summed E-state index contributed by atoms with van der Waals surface area (Å²) >= 11 is -2.16. The van der Waals surface area contributed by atoms with E-state index >= 15 is 0 Å². The van der Waals surface area contributed by atoms with Crippen molar-refractivity contribution in [1.29, 1.82) is 0 Å². The van der Waals surface area contributed by atoms with Gasteiger partial charge in [-0.3, -0.25) is 4.79 Å². The van der Waals surface area contributed by atoms with Gasteiger partial charge in [0.1, 0.15) is 17.2 Å². The number of carboxylic acids is 1. The number of aliphatic carboxylic acids is 1. The zero-order valence-electron chi connectivity index (χ0n) is 14.1. The highest BCUT2D eigenvalue weighted by Gasteiger charge is 2.59. The molecule has 25 heavy (non-hydrogen) atoms. The summed E-state index contributed by atoms with van der Waals surface area (Å²) in [5, 5.41) is 8.67. The molecule has 1 aromatic carbocycles. The highest BCUT2D eigenvalue weighted by molar-refractivity contribution is 7.90. The summed E-state index contributed by atoms with van der Waals surface area (Å²) in [5.41, 5.74) is -3.66. The first kappa shape index (κ1) is 21.7. The molecule has 0 amide bonds. The van der Waals surface area contributed by atoms with Gasteiger partial charge in [0.25, 0.3) is 5.92 Å². The average Bonchev–Trinajstić information content (AvgIpc) is 2.50. The Morgan fingerprint density at radius 3 is 2.28 bits per heavy atom. The van der Waals surface area contributed by atoms with Crippen molar-refractivity contribution >= 4 is 17.3 Å². The number of hydrogen-bond acceptors (Lipinski definition) is 3. The van der Waals surface area contributed by atoms with Crippen LogP contribution in [0, 0.1) is 5.82 Å². The Labute approximate surface area is 146 Å². The van der Waals surface area contributed by atoms with E-state index in [9.17, 15) is 26.9 Å². The van der Waals surface area contributed by atoms with E-state index in [4.69, 9.17) is 5.11 Å². The quantitative estimate of drug-likeness (QED) is 0.532. The second-order valence-corrected chi connectivity index (χ2v) is 8.57. The summed E-state index contributed by atoms with van der Waals surface area (Å²) in [4.78, 5) is 10.7. The molecule has 0 aliphatic heterocycles. The van der Waals surface area contributed by atoms with E-state index < -0.39 is 64.4 Å². The van der Waals surface area contributed by atoms with Crippen LogP contribution in [0.15, 0.2) is 24.3 Å². The SMILES string of the molecule is CC(C)(C)[S+]([O-])NC(CF)(c1ccccc1F)C(F)(F)CCC(=O)O. The molecule has 0 saturated heterocycles. The molecular formula is C16H21F4NO3S. The highest BCUT2D eigenvalue weighted by atomic mass is 32.2. The van der Waals surface area contributed by atoms with Gasteiger partial charge in [0.05, 0.1) is 6.42 Å². The van der Waals surface area contributed by atoms with Crippen molar-refractivity contribution in [3.05, 3.63) is 35.6 Å². The number of carboxylic acid groups (broad SMARTS) is 1. The van der Waals surface area contributed by atoms with Crippen LogP contribution in [0.5, 0.6) is 0 Å². The maximum atomic E-state index is 14.9. The molecule has 142 valence electrons. The van der Waals surface area contributed by atoms with Crippen molar-refractivity contribution < 1.29 is 32.0 Å². The first-order valence-corrected chi connectivity index (χ1v) is 8.62. The van der Waals surface area contributed by atoms with Gasteiger partial charge >= 0.3 is 5.97 Å². The van der Waals surface area contributed by atoms with Gasteiger partial charge in [-0.05, 0) is 26.8 Å². The van der Waals surface area contributed by atoms with Crippen molar-refractivity contribution in [2.24, 2.45) is 0 Å². The number of halogens is 4. The molecule has 4 nitrogen and oxygen atoms in total. The molecule has 0 aliphatic rings. The fourth-order valence-corrected chi connectivity index (χ4v) is 3.06. The third-order valence-electron chi connectivity index (χ3n) is 3.63. The normalized spacial score (nSPS) is 16.3. The van der Waals surface area contributed by atoms with Crippen molar-refractivity contribution in [1.82, 2.24) is 4.72 Å². The van der Waals surface area contributed by atoms with Crippen molar-refractivity contribution in [2.45, 2.75) is 49.8 Å². The van der Waals surface area contributed by atoms with Crippen LogP contribution in [0.1, 0.15) is 39.2 Å². The van der Waals surface area contributed by atoms with Crippen LogP contribution >= 0.6 is 0 Å². The predicted octanol–water partition coefficient (Wildman–Crippen LogP) is 3.54. The van der Waals surface area contributed by atoms with Crippen LogP contribution in [0.3, 0.4) is 0 Å². The lowest BCUT2D eigenvalue weighted by molar-refractivity contribution is -0.143. The lowest BCUT2D eigenvalue weighted by atomic mass is 9.83. The van der Waals surface area contributed by atoms with Crippen LogP contribution in [-0.2, 0) is 21.7 Å². The minimum Gasteiger partial charge on any atom is -0.598 e. The number of nitrogens with one attached hydrogen (secondary N) is 1. The molecule has 0 fully saturated rings. The van der Waals surface area contributed by atoms with Gasteiger partial charge < -0.3 is 9.66 Å². The van der Waals surface area contributed by atoms with Gasteiger partial charge in [0.15, 0.2) is 5.54 Å². The van der Waals surface area contributed by atoms with E-state index in [1.807, 2.05) is 0 Å². The minimum absolute atomic E-state index is 0.703. The average molecular weight is 383 g/mol. The predicted molar refractivity (Wildman–Crippen MR) is 86.9 cm³/mol. The van der Waals surface area contributed by atoms with Crippen LogP contribution in [0.4, 0.5) is 17.6 Å². The molecule has 1 rings (SSSR count). The summed E-state index contributed by atoms with van der Waals surface area (Å²) in [7, 11) is 0. The molecule has 0 radical (unpaired) electrons. The van der Waals surface area contributed by atoms with Crippen molar-refractivity contribution in [3.8, 4) is 0 Å². The van der Waals surface area contributed by atoms with E-state index in [0.29, 0.717) is 0 Å². The summed E-state index contributed by atoms with van der Waals surface area (Å²) in [5.74, 6) is -6.62. The molecule has 0 heterocycles. The van der Waals surface area contributed by atoms with Crippen molar-refractivity contribution in [3.63, 3.8) is 0 Å². The minimum atomic E-state index is -4.01. The first-order chi connectivity index (χ1) is 11.4. The Morgan fingerprint density at radius 2 is 1.84 bits per heavy atom. The molecule has 1 aromatic rings. The van der Waals surface area contributed by atoms with Crippen molar-refractivity contribution in [2.75, 3.05) is 6.67 Å². The highest BCUT2D eigenvalue weighted by Crippen LogP contribution is 2.43. The van der Waals surface area contributed by atoms with Gasteiger partial charge in [-0.25, -0.2) is 17.6 Å². The number of alkyl halides is 3. The van der Waals surface area contributed by atoms with E-state index in [2.05, 4.69) is 4.72 Å². The number of rotatable bonds is 8. The molecule has 0 bridgehead atoms. The second-order valence-electron chi connectivity index (χ2n) is 6.60. The van der Waals surface area contributed by atoms with Gasteiger partial charge in [-0.2, -0.15) is 0 Å². The molecule has 0 spiro atoms. The van der Waals surface area contributed by atoms with E-state index in [0.717, 1.165) is 12.1 Å². The summed E-state index contributed by atoms with van der Waals surface area (Å²) < 4.78 is 71.2. The monoisotopic (exact) mass is 383 g/mol. The van der Waals surface area contributed by atoms with Crippen LogP contribution in [0.2, 0.25) is 0 Å². The molecule has 2 unspecified atom stereocenters. The zero-order valence-corrected chi connectivity index (χ0v) is 14.9. The maximum absolute atomic E-state index is 14.9. The Bertz CT molecular complexity index is 609. The lowest BCUT2D eigenvalue weighted by Gasteiger charge is -2.40. The Balaban J connectivity index is 3.48. The van der Waals surface area contributed by atoms with E-state index in [1.165, 1.54) is 32.9 Å². The fraction of sp³-hybridized carbons (Fsp3) is 0.562. The van der Waals surface area contributed by atoms with Gasteiger partial charge in [-0.15, -0.1) is 4.72 Å². The van der Waals surface area contributed by atoms with Crippen LogP contribution in [-0.4, -0.2) is 33.0 Å². The second kappa shape index (κ2) is 7.92.